The molecule has 0 aromatic carbocycles. The molecule has 0 fully saturated rings. The predicted octanol–water partition coefficient (Wildman–Crippen LogP) is 2.11. The van der Waals surface area contributed by atoms with E-state index in [1.165, 1.54) is 0 Å². The molecule has 0 aliphatic carbocycles. The van der Waals surface area contributed by atoms with E-state index in [4.69, 9.17) is 9.84 Å². The lowest BCUT2D eigenvalue weighted by atomic mass is 10.1. The number of hydrogen-bond acceptors (Lipinski definition) is 5. The quantitative estimate of drug-likeness (QED) is 0.825. The SMILES string of the molecule is CCOC(=O)c1nc2c(cnn2C(C)C)cc1CCCO. The summed E-state index contributed by atoms with van der Waals surface area (Å²) in [6, 6.07) is 2.07. The maximum Gasteiger partial charge on any atom is 0.357 e. The third kappa shape index (κ3) is 3.21. The molecule has 0 bridgehead atoms. The monoisotopic (exact) mass is 291 g/mol. The van der Waals surface area contributed by atoms with Crippen molar-refractivity contribution in [2.45, 2.75) is 39.7 Å². The molecule has 6 nitrogen and oxygen atoms in total. The fraction of sp³-hybridized carbons (Fsp3) is 0.533. The number of ether oxygens (including phenoxy) is 1. The first-order valence-corrected chi connectivity index (χ1v) is 7.23. The van der Waals surface area contributed by atoms with Gasteiger partial charge in [0.15, 0.2) is 11.3 Å². The van der Waals surface area contributed by atoms with Gasteiger partial charge in [-0.1, -0.05) is 0 Å². The molecule has 0 radical (unpaired) electrons. The smallest absolute Gasteiger partial charge is 0.357 e. The van der Waals surface area contributed by atoms with E-state index in [9.17, 15) is 4.79 Å². The molecule has 6 heteroatoms. The summed E-state index contributed by atoms with van der Waals surface area (Å²) >= 11 is 0. The Morgan fingerprint density at radius 3 is 2.86 bits per heavy atom. The molecule has 114 valence electrons. The van der Waals surface area contributed by atoms with Gasteiger partial charge in [-0.05, 0) is 45.2 Å². The summed E-state index contributed by atoms with van der Waals surface area (Å²) in [4.78, 5) is 16.6. The molecule has 0 spiro atoms. The van der Waals surface area contributed by atoms with E-state index in [0.717, 1.165) is 10.9 Å². The van der Waals surface area contributed by atoms with Gasteiger partial charge < -0.3 is 9.84 Å². The molecule has 0 aliphatic heterocycles. The maximum atomic E-state index is 12.1. The summed E-state index contributed by atoms with van der Waals surface area (Å²) in [6.07, 6.45) is 2.91. The molecular weight excluding hydrogens is 270 g/mol. The number of hydrogen-bond donors (Lipinski definition) is 1. The van der Waals surface area contributed by atoms with Gasteiger partial charge in [0.05, 0.1) is 12.8 Å². The van der Waals surface area contributed by atoms with Crippen LogP contribution in [-0.4, -0.2) is 39.1 Å². The summed E-state index contributed by atoms with van der Waals surface area (Å²) in [6.45, 7) is 6.17. The van der Waals surface area contributed by atoms with Crippen LogP contribution in [0.5, 0.6) is 0 Å². The Bertz CT molecular complexity index is 634. The highest BCUT2D eigenvalue weighted by atomic mass is 16.5. The van der Waals surface area contributed by atoms with E-state index in [1.54, 1.807) is 17.8 Å². The fourth-order valence-electron chi connectivity index (χ4n) is 2.23. The second kappa shape index (κ2) is 6.67. The summed E-state index contributed by atoms with van der Waals surface area (Å²) in [5.41, 5.74) is 1.79. The molecule has 0 unspecified atom stereocenters. The van der Waals surface area contributed by atoms with Crippen molar-refractivity contribution in [2.24, 2.45) is 0 Å². The number of aromatic nitrogens is 3. The third-order valence-electron chi connectivity index (χ3n) is 3.21. The number of fused-ring (bicyclic) bond motifs is 1. The first-order chi connectivity index (χ1) is 10.1. The van der Waals surface area contributed by atoms with Crippen LogP contribution in [0, 0.1) is 0 Å². The standard InChI is InChI=1S/C15H21N3O3/c1-4-21-15(20)13-11(6-5-7-19)8-12-9-16-18(10(2)3)14(12)17-13/h8-10,19H,4-7H2,1-3H3. The second-order valence-corrected chi connectivity index (χ2v) is 5.14. The lowest BCUT2D eigenvalue weighted by Crippen LogP contribution is -2.13. The number of aliphatic hydroxyl groups excluding tert-OH is 1. The van der Waals surface area contributed by atoms with E-state index < -0.39 is 5.97 Å². The van der Waals surface area contributed by atoms with Gasteiger partial charge in [0.2, 0.25) is 0 Å². The molecule has 0 amide bonds. The Morgan fingerprint density at radius 2 is 2.24 bits per heavy atom. The summed E-state index contributed by atoms with van der Waals surface area (Å²) in [5, 5.41) is 14.2. The van der Waals surface area contributed by atoms with Crippen LogP contribution in [0.2, 0.25) is 0 Å². The van der Waals surface area contributed by atoms with Gasteiger partial charge in [-0.25, -0.2) is 14.5 Å². The van der Waals surface area contributed by atoms with E-state index in [0.29, 0.717) is 30.8 Å². The number of carbonyl (C=O) groups excluding carboxylic acids is 1. The maximum absolute atomic E-state index is 12.1. The minimum Gasteiger partial charge on any atom is -0.461 e. The van der Waals surface area contributed by atoms with E-state index in [2.05, 4.69) is 10.1 Å². The van der Waals surface area contributed by atoms with Crippen molar-refractivity contribution < 1.29 is 14.6 Å². The summed E-state index contributed by atoms with van der Waals surface area (Å²) in [5.74, 6) is -0.427. The normalized spacial score (nSPS) is 11.3. The Morgan fingerprint density at radius 1 is 1.48 bits per heavy atom. The molecule has 21 heavy (non-hydrogen) atoms. The van der Waals surface area contributed by atoms with Gasteiger partial charge in [0.1, 0.15) is 0 Å². The van der Waals surface area contributed by atoms with E-state index in [-0.39, 0.29) is 12.6 Å². The highest BCUT2D eigenvalue weighted by molar-refractivity contribution is 5.92. The van der Waals surface area contributed by atoms with Gasteiger partial charge in [-0.15, -0.1) is 0 Å². The predicted molar refractivity (Wildman–Crippen MR) is 79.3 cm³/mol. The van der Waals surface area contributed by atoms with Crippen LogP contribution in [0.1, 0.15) is 49.3 Å². The molecule has 2 rings (SSSR count). The van der Waals surface area contributed by atoms with Crippen LogP contribution in [0.4, 0.5) is 0 Å². The highest BCUT2D eigenvalue weighted by Gasteiger charge is 2.18. The lowest BCUT2D eigenvalue weighted by Gasteiger charge is -2.10. The van der Waals surface area contributed by atoms with Gasteiger partial charge >= 0.3 is 5.97 Å². The number of carbonyl (C=O) groups is 1. The second-order valence-electron chi connectivity index (χ2n) is 5.14. The summed E-state index contributed by atoms with van der Waals surface area (Å²) in [7, 11) is 0. The average molecular weight is 291 g/mol. The summed E-state index contributed by atoms with van der Waals surface area (Å²) < 4.78 is 6.87. The lowest BCUT2D eigenvalue weighted by molar-refractivity contribution is 0.0518. The van der Waals surface area contributed by atoms with Gasteiger partial charge in [-0.2, -0.15) is 5.10 Å². The minimum absolute atomic E-state index is 0.0750. The average Bonchev–Trinajstić information content (AvgIpc) is 2.87. The zero-order valence-corrected chi connectivity index (χ0v) is 12.7. The number of aryl methyl sites for hydroxylation is 1. The van der Waals surface area contributed by atoms with Gasteiger partial charge in [0.25, 0.3) is 0 Å². The molecule has 0 aliphatic rings. The molecule has 2 heterocycles. The van der Waals surface area contributed by atoms with E-state index in [1.807, 2.05) is 19.9 Å². The van der Waals surface area contributed by atoms with Crippen molar-refractivity contribution in [3.8, 4) is 0 Å². The van der Waals surface area contributed by atoms with Crippen LogP contribution in [0.15, 0.2) is 12.3 Å². The number of rotatable bonds is 6. The molecule has 2 aromatic rings. The molecule has 0 atom stereocenters. The van der Waals surface area contributed by atoms with E-state index >= 15 is 0 Å². The molecule has 2 aromatic heterocycles. The van der Waals surface area contributed by atoms with Gasteiger partial charge in [0, 0.05) is 18.0 Å². The van der Waals surface area contributed by atoms with Crippen molar-refractivity contribution in [3.63, 3.8) is 0 Å². The highest BCUT2D eigenvalue weighted by Crippen LogP contribution is 2.21. The van der Waals surface area contributed by atoms with Crippen LogP contribution in [0.25, 0.3) is 11.0 Å². The zero-order chi connectivity index (χ0) is 15.4. The molecule has 0 saturated heterocycles. The van der Waals surface area contributed by atoms with Crippen LogP contribution < -0.4 is 0 Å². The first-order valence-electron chi connectivity index (χ1n) is 7.23. The zero-order valence-electron chi connectivity index (χ0n) is 12.7. The first kappa shape index (κ1) is 15.4. The van der Waals surface area contributed by atoms with Crippen LogP contribution in [-0.2, 0) is 11.2 Å². The molecular formula is C15H21N3O3. The fourth-order valence-corrected chi connectivity index (χ4v) is 2.23. The topological polar surface area (TPSA) is 77.2 Å². The number of aliphatic hydroxyl groups is 1. The van der Waals surface area contributed by atoms with Crippen molar-refractivity contribution in [3.05, 3.63) is 23.5 Å². The number of nitrogens with zero attached hydrogens (tertiary/aromatic N) is 3. The number of esters is 1. The van der Waals surface area contributed by atoms with Crippen molar-refractivity contribution >= 4 is 17.0 Å². The minimum atomic E-state index is -0.427. The van der Waals surface area contributed by atoms with Crippen molar-refractivity contribution in [1.29, 1.82) is 0 Å². The Labute approximate surface area is 123 Å². The van der Waals surface area contributed by atoms with Gasteiger partial charge in [-0.3, -0.25) is 0 Å². The van der Waals surface area contributed by atoms with Crippen LogP contribution >= 0.6 is 0 Å². The van der Waals surface area contributed by atoms with Crippen molar-refractivity contribution in [2.75, 3.05) is 13.2 Å². The Hall–Kier alpha value is -1.95. The number of pyridine rings is 1. The van der Waals surface area contributed by atoms with Crippen LogP contribution in [0.3, 0.4) is 0 Å². The van der Waals surface area contributed by atoms with Crippen molar-refractivity contribution in [1.82, 2.24) is 14.8 Å². The largest absolute Gasteiger partial charge is 0.461 e. The third-order valence-corrected chi connectivity index (χ3v) is 3.21. The Balaban J connectivity index is 2.53. The molecule has 0 saturated carbocycles. The Kier molecular flexibility index (Phi) is 4.90. The molecule has 1 N–H and O–H groups in total.